The number of pyridine rings is 1. The molecule has 0 aliphatic rings. The normalized spacial score (nSPS) is 10.9. The van der Waals surface area contributed by atoms with Crippen molar-refractivity contribution in [2.24, 2.45) is 5.10 Å². The van der Waals surface area contributed by atoms with Crippen molar-refractivity contribution in [1.82, 2.24) is 14.8 Å². The van der Waals surface area contributed by atoms with Gasteiger partial charge in [0.15, 0.2) is 0 Å². The second-order valence-electron chi connectivity index (χ2n) is 6.20. The van der Waals surface area contributed by atoms with Crippen LogP contribution in [-0.4, -0.2) is 32.1 Å². The minimum atomic E-state index is -0.963. The van der Waals surface area contributed by atoms with Gasteiger partial charge in [0.1, 0.15) is 5.69 Å². The quantitative estimate of drug-likeness (QED) is 0.387. The fourth-order valence-corrected chi connectivity index (χ4v) is 2.79. The fourth-order valence-electron chi connectivity index (χ4n) is 2.79. The fraction of sp³-hybridized carbons (Fsp3) is 0. The number of benzene rings is 2. The molecule has 2 aromatic heterocycles. The van der Waals surface area contributed by atoms with E-state index < -0.39 is 5.97 Å². The third kappa shape index (κ3) is 4.19. The Kier molecular flexibility index (Phi) is 5.11. The number of carboxylic acids is 1. The van der Waals surface area contributed by atoms with E-state index in [-0.39, 0.29) is 5.56 Å². The third-order valence-electron chi connectivity index (χ3n) is 4.25. The Balaban J connectivity index is 1.62. The number of nitrogens with zero attached hydrogens (tertiary/aromatic N) is 4. The number of aromatic carboxylic acids is 1. The molecule has 7 heteroatoms. The molecule has 0 fully saturated rings. The number of para-hydroxylation sites is 1. The number of nitrogens with one attached hydrogen (secondary N) is 1. The standard InChI is InChI=1S/C22H17N5O2/c28-22(29)17-6-8-19(9-7-17)25-24-14-18-15-27(20-4-2-1-3-5-20)26-21(18)16-10-12-23-13-11-16/h1-15,25H,(H,28,29)/b24-14-. The van der Waals surface area contributed by atoms with E-state index in [1.54, 1.807) is 35.4 Å². The first-order chi connectivity index (χ1) is 14.2. The van der Waals surface area contributed by atoms with Gasteiger partial charge in [-0.1, -0.05) is 18.2 Å². The first-order valence-corrected chi connectivity index (χ1v) is 8.88. The maximum Gasteiger partial charge on any atom is 0.335 e. The van der Waals surface area contributed by atoms with Crippen molar-refractivity contribution in [3.63, 3.8) is 0 Å². The van der Waals surface area contributed by atoms with Crippen molar-refractivity contribution in [3.8, 4) is 16.9 Å². The zero-order valence-electron chi connectivity index (χ0n) is 15.3. The van der Waals surface area contributed by atoms with Crippen LogP contribution in [0.5, 0.6) is 0 Å². The maximum atomic E-state index is 10.9. The first kappa shape index (κ1) is 18.1. The van der Waals surface area contributed by atoms with Gasteiger partial charge in [-0.15, -0.1) is 0 Å². The summed E-state index contributed by atoms with van der Waals surface area (Å²) in [6, 6.07) is 20.0. The second-order valence-corrected chi connectivity index (χ2v) is 6.20. The molecule has 7 nitrogen and oxygen atoms in total. The summed E-state index contributed by atoms with van der Waals surface area (Å²) in [5.74, 6) is -0.963. The Morgan fingerprint density at radius 3 is 2.41 bits per heavy atom. The van der Waals surface area contributed by atoms with Gasteiger partial charge in [-0.25, -0.2) is 9.48 Å². The first-order valence-electron chi connectivity index (χ1n) is 8.88. The van der Waals surface area contributed by atoms with Crippen molar-refractivity contribution in [2.75, 3.05) is 5.43 Å². The van der Waals surface area contributed by atoms with Gasteiger partial charge in [0.2, 0.25) is 0 Å². The summed E-state index contributed by atoms with van der Waals surface area (Å²) in [5, 5.41) is 18.0. The van der Waals surface area contributed by atoms with E-state index in [1.165, 1.54) is 12.1 Å². The monoisotopic (exact) mass is 383 g/mol. The van der Waals surface area contributed by atoms with E-state index >= 15 is 0 Å². The lowest BCUT2D eigenvalue weighted by Crippen LogP contribution is -1.96. The lowest BCUT2D eigenvalue weighted by Gasteiger charge is -2.01. The number of carbonyl (C=O) groups is 1. The minimum absolute atomic E-state index is 0.226. The van der Waals surface area contributed by atoms with Crippen LogP contribution in [0.1, 0.15) is 15.9 Å². The highest BCUT2D eigenvalue weighted by molar-refractivity contribution is 5.89. The van der Waals surface area contributed by atoms with Crippen LogP contribution in [0.3, 0.4) is 0 Å². The Bertz CT molecular complexity index is 1140. The van der Waals surface area contributed by atoms with Gasteiger partial charge in [-0.05, 0) is 48.5 Å². The van der Waals surface area contributed by atoms with Crippen LogP contribution in [0.25, 0.3) is 16.9 Å². The molecule has 2 aromatic carbocycles. The lowest BCUT2D eigenvalue weighted by molar-refractivity contribution is 0.0697. The van der Waals surface area contributed by atoms with Crippen LogP contribution in [0, 0.1) is 0 Å². The number of rotatable bonds is 6. The molecule has 4 aromatic rings. The number of hydrogen-bond acceptors (Lipinski definition) is 5. The molecule has 4 rings (SSSR count). The maximum absolute atomic E-state index is 10.9. The van der Waals surface area contributed by atoms with Gasteiger partial charge in [-0.2, -0.15) is 10.2 Å². The zero-order chi connectivity index (χ0) is 20.1. The summed E-state index contributed by atoms with van der Waals surface area (Å²) >= 11 is 0. The molecular formula is C22H17N5O2. The van der Waals surface area contributed by atoms with Crippen LogP contribution < -0.4 is 5.43 Å². The highest BCUT2D eigenvalue weighted by atomic mass is 16.4. The van der Waals surface area contributed by atoms with Gasteiger partial charge in [0, 0.05) is 29.7 Å². The molecule has 0 atom stereocenters. The van der Waals surface area contributed by atoms with E-state index in [0.29, 0.717) is 5.69 Å². The molecule has 0 aliphatic carbocycles. The molecule has 0 bridgehead atoms. The molecule has 29 heavy (non-hydrogen) atoms. The van der Waals surface area contributed by atoms with Crippen LogP contribution in [0.15, 0.2) is 90.4 Å². The Morgan fingerprint density at radius 2 is 1.72 bits per heavy atom. The van der Waals surface area contributed by atoms with E-state index in [4.69, 9.17) is 10.2 Å². The molecule has 0 saturated carbocycles. The summed E-state index contributed by atoms with van der Waals surface area (Å²) < 4.78 is 1.80. The van der Waals surface area contributed by atoms with Crippen molar-refractivity contribution < 1.29 is 9.90 Å². The number of hydrazone groups is 1. The summed E-state index contributed by atoms with van der Waals surface area (Å²) in [7, 11) is 0. The number of aromatic nitrogens is 3. The molecule has 0 unspecified atom stereocenters. The highest BCUT2D eigenvalue weighted by Crippen LogP contribution is 2.22. The van der Waals surface area contributed by atoms with Gasteiger partial charge in [0.25, 0.3) is 0 Å². The molecule has 0 spiro atoms. The summed E-state index contributed by atoms with van der Waals surface area (Å²) in [5.41, 5.74) is 7.31. The van der Waals surface area contributed by atoms with E-state index in [9.17, 15) is 4.79 Å². The van der Waals surface area contributed by atoms with Crippen LogP contribution in [0.4, 0.5) is 5.69 Å². The second kappa shape index (κ2) is 8.18. The largest absolute Gasteiger partial charge is 0.478 e. The zero-order valence-corrected chi connectivity index (χ0v) is 15.3. The predicted octanol–water partition coefficient (Wildman–Crippen LogP) is 4.08. The molecule has 0 aliphatic heterocycles. The molecule has 2 N–H and O–H groups in total. The van der Waals surface area contributed by atoms with E-state index in [0.717, 1.165) is 22.5 Å². The molecular weight excluding hydrogens is 366 g/mol. The minimum Gasteiger partial charge on any atom is -0.478 e. The third-order valence-corrected chi connectivity index (χ3v) is 4.25. The van der Waals surface area contributed by atoms with Crippen molar-refractivity contribution >= 4 is 17.9 Å². The van der Waals surface area contributed by atoms with Crippen molar-refractivity contribution in [2.45, 2.75) is 0 Å². The Morgan fingerprint density at radius 1 is 1.00 bits per heavy atom. The molecule has 142 valence electrons. The SMILES string of the molecule is O=C(O)c1ccc(N/N=C\c2cn(-c3ccccc3)nc2-c2ccncc2)cc1. The van der Waals surface area contributed by atoms with Gasteiger partial charge in [0.05, 0.1) is 23.2 Å². The molecule has 0 saturated heterocycles. The summed E-state index contributed by atoms with van der Waals surface area (Å²) in [4.78, 5) is 15.0. The van der Waals surface area contributed by atoms with Crippen molar-refractivity contribution in [3.05, 3.63) is 96.4 Å². The van der Waals surface area contributed by atoms with Crippen LogP contribution >= 0.6 is 0 Å². The highest BCUT2D eigenvalue weighted by Gasteiger charge is 2.11. The molecule has 0 amide bonds. The average Bonchev–Trinajstić information content (AvgIpc) is 3.19. The lowest BCUT2D eigenvalue weighted by atomic mass is 10.1. The van der Waals surface area contributed by atoms with Crippen molar-refractivity contribution in [1.29, 1.82) is 0 Å². The Hall–Kier alpha value is -4.26. The average molecular weight is 383 g/mol. The smallest absolute Gasteiger partial charge is 0.335 e. The number of hydrogen-bond donors (Lipinski definition) is 2. The Labute approximate surface area is 167 Å². The number of carboxylic acid groups (broad SMARTS) is 1. The van der Waals surface area contributed by atoms with Gasteiger partial charge < -0.3 is 5.11 Å². The number of anilines is 1. The van der Waals surface area contributed by atoms with E-state index in [1.807, 2.05) is 48.7 Å². The van der Waals surface area contributed by atoms with Crippen LogP contribution in [0.2, 0.25) is 0 Å². The van der Waals surface area contributed by atoms with Crippen LogP contribution in [-0.2, 0) is 0 Å². The molecule has 2 heterocycles. The predicted molar refractivity (Wildman–Crippen MR) is 111 cm³/mol. The topological polar surface area (TPSA) is 92.4 Å². The summed E-state index contributed by atoms with van der Waals surface area (Å²) in [6.45, 7) is 0. The van der Waals surface area contributed by atoms with E-state index in [2.05, 4.69) is 15.5 Å². The van der Waals surface area contributed by atoms with Gasteiger partial charge >= 0.3 is 5.97 Å². The van der Waals surface area contributed by atoms with Gasteiger partial charge in [-0.3, -0.25) is 10.4 Å². The summed E-state index contributed by atoms with van der Waals surface area (Å²) in [6.07, 6.45) is 7.04. The molecule has 0 radical (unpaired) electrons.